The number of likely N-dealkylation sites (tertiary alicyclic amines) is 1. The lowest BCUT2D eigenvalue weighted by molar-refractivity contribution is -0.160. The summed E-state index contributed by atoms with van der Waals surface area (Å²) < 4.78 is 5.47. The van der Waals surface area contributed by atoms with Crippen LogP contribution in [0.3, 0.4) is 0 Å². The Kier molecular flexibility index (Phi) is 6.98. The Hall–Kier alpha value is -4.26. The number of rotatable bonds is 8. The zero-order valence-electron chi connectivity index (χ0n) is 23.5. The van der Waals surface area contributed by atoms with Crippen molar-refractivity contribution >= 4 is 29.4 Å². The van der Waals surface area contributed by atoms with E-state index in [4.69, 9.17) is 4.74 Å². The highest BCUT2D eigenvalue weighted by atomic mass is 16.5. The van der Waals surface area contributed by atoms with Crippen LogP contribution in [0.25, 0.3) is 0 Å². The normalized spacial score (nSPS) is 22.7. The van der Waals surface area contributed by atoms with Crippen LogP contribution in [0.4, 0.5) is 5.69 Å². The summed E-state index contributed by atoms with van der Waals surface area (Å²) in [5.74, 6) is -3.52. The molecule has 0 saturated carbocycles. The minimum Gasteiger partial charge on any atom is -0.454 e. The summed E-state index contributed by atoms with van der Waals surface area (Å²) in [4.78, 5) is 55.7. The van der Waals surface area contributed by atoms with Gasteiger partial charge in [-0.1, -0.05) is 87.5 Å². The van der Waals surface area contributed by atoms with Crippen LogP contribution in [-0.4, -0.2) is 41.2 Å². The van der Waals surface area contributed by atoms with Crippen molar-refractivity contribution in [2.75, 3.05) is 11.9 Å². The molecule has 1 heterocycles. The molecule has 0 unspecified atom stereocenters. The maximum atomic E-state index is 14.2. The summed E-state index contributed by atoms with van der Waals surface area (Å²) in [6, 6.07) is 22.4. The Morgan fingerprint density at radius 1 is 0.805 bits per heavy atom. The SMILES string of the molecule is CCc1ccccc1NC(=O)COC(=O)[C@H](CC(C)C)N1C(=O)[C@@H]2C3c4ccccc4C(c4ccccc43)[C@H]2C1=O. The number of nitrogens with one attached hydrogen (secondary N) is 1. The molecule has 1 saturated heterocycles. The highest BCUT2D eigenvalue weighted by Gasteiger charge is 2.63. The Morgan fingerprint density at radius 3 is 1.78 bits per heavy atom. The van der Waals surface area contributed by atoms with Gasteiger partial charge in [-0.3, -0.25) is 19.3 Å². The Balaban J connectivity index is 1.27. The summed E-state index contributed by atoms with van der Waals surface area (Å²) in [7, 11) is 0. The van der Waals surface area contributed by atoms with E-state index >= 15 is 0 Å². The van der Waals surface area contributed by atoms with Crippen LogP contribution in [0.15, 0.2) is 72.8 Å². The monoisotopic (exact) mass is 550 g/mol. The second-order valence-corrected chi connectivity index (χ2v) is 11.6. The van der Waals surface area contributed by atoms with E-state index in [9.17, 15) is 19.2 Å². The number of ether oxygens (including phenoxy) is 1. The molecule has 7 rings (SSSR count). The fraction of sp³-hybridized carbons (Fsp3) is 0.353. The topological polar surface area (TPSA) is 92.8 Å². The average molecular weight is 551 g/mol. The molecule has 3 aromatic rings. The third-order valence-electron chi connectivity index (χ3n) is 8.78. The molecule has 4 aliphatic rings. The molecule has 210 valence electrons. The van der Waals surface area contributed by atoms with Crippen LogP contribution in [0.5, 0.6) is 0 Å². The van der Waals surface area contributed by atoms with Gasteiger partial charge in [0, 0.05) is 17.5 Å². The first-order valence-corrected chi connectivity index (χ1v) is 14.4. The van der Waals surface area contributed by atoms with Crippen LogP contribution in [0.1, 0.15) is 66.8 Å². The number of carbonyl (C=O) groups excluding carboxylic acids is 4. The highest BCUT2D eigenvalue weighted by Crippen LogP contribution is 2.61. The van der Waals surface area contributed by atoms with Crippen molar-refractivity contribution in [1.82, 2.24) is 4.90 Å². The number of imide groups is 1. The van der Waals surface area contributed by atoms with Gasteiger partial charge >= 0.3 is 5.97 Å². The van der Waals surface area contributed by atoms with Gasteiger partial charge in [0.15, 0.2) is 6.61 Å². The van der Waals surface area contributed by atoms with E-state index in [-0.39, 0.29) is 36.0 Å². The van der Waals surface area contributed by atoms with Crippen LogP contribution >= 0.6 is 0 Å². The molecule has 2 bridgehead atoms. The van der Waals surface area contributed by atoms with Crippen LogP contribution < -0.4 is 5.32 Å². The van der Waals surface area contributed by atoms with Gasteiger partial charge in [0.2, 0.25) is 11.8 Å². The summed E-state index contributed by atoms with van der Waals surface area (Å²) in [5.41, 5.74) is 5.94. The Morgan fingerprint density at radius 2 is 1.29 bits per heavy atom. The van der Waals surface area contributed by atoms with Gasteiger partial charge in [-0.25, -0.2) is 4.79 Å². The third-order valence-corrected chi connectivity index (χ3v) is 8.78. The van der Waals surface area contributed by atoms with Gasteiger partial charge < -0.3 is 10.1 Å². The lowest BCUT2D eigenvalue weighted by atomic mass is 9.55. The predicted molar refractivity (Wildman–Crippen MR) is 154 cm³/mol. The van der Waals surface area contributed by atoms with Crippen LogP contribution in [-0.2, 0) is 30.3 Å². The van der Waals surface area contributed by atoms with Gasteiger partial charge in [0.25, 0.3) is 5.91 Å². The zero-order chi connectivity index (χ0) is 28.8. The van der Waals surface area contributed by atoms with E-state index in [0.29, 0.717) is 5.69 Å². The zero-order valence-corrected chi connectivity index (χ0v) is 23.5. The predicted octanol–water partition coefficient (Wildman–Crippen LogP) is 5.04. The van der Waals surface area contributed by atoms with Gasteiger partial charge in [-0.05, 0) is 52.6 Å². The molecule has 7 heteroatoms. The first kappa shape index (κ1) is 26.9. The van der Waals surface area contributed by atoms with Crippen molar-refractivity contribution in [2.45, 2.75) is 51.5 Å². The number of anilines is 1. The number of benzene rings is 3. The van der Waals surface area contributed by atoms with Crippen molar-refractivity contribution in [1.29, 1.82) is 0 Å². The van der Waals surface area contributed by atoms with Gasteiger partial charge in [0.05, 0.1) is 11.8 Å². The number of hydrogen-bond acceptors (Lipinski definition) is 5. The molecule has 1 aliphatic heterocycles. The van der Waals surface area contributed by atoms with Crippen molar-refractivity contribution in [2.24, 2.45) is 17.8 Å². The average Bonchev–Trinajstić information content (AvgIpc) is 3.24. The molecule has 0 radical (unpaired) electrons. The highest BCUT2D eigenvalue weighted by molar-refractivity contribution is 6.10. The number of nitrogens with zero attached hydrogens (tertiary/aromatic N) is 1. The van der Waals surface area contributed by atoms with E-state index in [1.165, 1.54) is 4.90 Å². The molecule has 3 amide bonds. The molecule has 1 fully saturated rings. The van der Waals surface area contributed by atoms with E-state index < -0.39 is 36.4 Å². The second-order valence-electron chi connectivity index (χ2n) is 11.6. The summed E-state index contributed by atoms with van der Waals surface area (Å²) >= 11 is 0. The lowest BCUT2D eigenvalue weighted by Crippen LogP contribution is -2.47. The van der Waals surface area contributed by atoms with E-state index in [2.05, 4.69) is 29.6 Å². The van der Waals surface area contributed by atoms with Crippen LogP contribution in [0, 0.1) is 17.8 Å². The number of esters is 1. The fourth-order valence-electron chi connectivity index (χ4n) is 7.13. The van der Waals surface area contributed by atoms with Gasteiger partial charge in [-0.15, -0.1) is 0 Å². The molecule has 7 nitrogen and oxygen atoms in total. The maximum absolute atomic E-state index is 14.2. The maximum Gasteiger partial charge on any atom is 0.329 e. The van der Waals surface area contributed by atoms with Crippen molar-refractivity contribution < 1.29 is 23.9 Å². The molecule has 41 heavy (non-hydrogen) atoms. The first-order chi connectivity index (χ1) is 19.8. The number of hydrogen-bond donors (Lipinski definition) is 1. The number of carbonyl (C=O) groups is 4. The van der Waals surface area contributed by atoms with Gasteiger partial charge in [-0.2, -0.15) is 0 Å². The molecule has 1 N–H and O–H groups in total. The van der Waals surface area contributed by atoms with Crippen molar-refractivity contribution in [3.63, 3.8) is 0 Å². The quantitative estimate of drug-likeness (QED) is 0.314. The summed E-state index contributed by atoms with van der Waals surface area (Å²) in [5, 5.41) is 2.80. The molecule has 0 aromatic heterocycles. The molecular weight excluding hydrogens is 516 g/mol. The molecular formula is C34H34N2O5. The number of amides is 3. The van der Waals surface area contributed by atoms with Crippen molar-refractivity contribution in [3.8, 4) is 0 Å². The Bertz CT molecular complexity index is 1430. The summed E-state index contributed by atoms with van der Waals surface area (Å²) in [6.45, 7) is 5.35. The number of aryl methyl sites for hydroxylation is 1. The van der Waals surface area contributed by atoms with E-state index in [1.54, 1.807) is 6.07 Å². The number of para-hydroxylation sites is 1. The fourth-order valence-corrected chi connectivity index (χ4v) is 7.13. The Labute approximate surface area is 239 Å². The van der Waals surface area contributed by atoms with E-state index in [1.807, 2.05) is 63.2 Å². The summed E-state index contributed by atoms with van der Waals surface area (Å²) in [6.07, 6.45) is 0.995. The van der Waals surface area contributed by atoms with Gasteiger partial charge in [0.1, 0.15) is 6.04 Å². The molecule has 0 spiro atoms. The third kappa shape index (κ3) is 4.44. The van der Waals surface area contributed by atoms with Crippen molar-refractivity contribution in [3.05, 3.63) is 101 Å². The largest absolute Gasteiger partial charge is 0.454 e. The standard InChI is InChI=1S/C34H34N2O5/c1-4-20-11-5-10-16-25(20)35-27(37)18-41-34(40)26(17-19(2)3)36-32(38)30-28-21-12-6-7-13-22(21)29(31(30)33(36)39)24-15-9-8-14-23(24)28/h5-16,19,26,28-31H,4,17-18H2,1-3H3,(H,35,37)/t26-,28?,29?,30+,31+/m0/s1. The smallest absolute Gasteiger partial charge is 0.329 e. The first-order valence-electron chi connectivity index (χ1n) is 14.4. The lowest BCUT2D eigenvalue weighted by Gasteiger charge is -2.45. The molecule has 3 aromatic carbocycles. The second kappa shape index (κ2) is 10.6. The van der Waals surface area contributed by atoms with E-state index in [0.717, 1.165) is 34.2 Å². The van der Waals surface area contributed by atoms with Crippen LogP contribution in [0.2, 0.25) is 0 Å². The molecule has 3 atom stereocenters. The minimum absolute atomic E-state index is 0.00662. The minimum atomic E-state index is -1.10. The molecule has 3 aliphatic carbocycles.